The van der Waals surface area contributed by atoms with Gasteiger partial charge in [-0.15, -0.1) is 0 Å². The lowest BCUT2D eigenvalue weighted by atomic mass is 10.0. The van der Waals surface area contributed by atoms with Crippen LogP contribution in [0.2, 0.25) is 0 Å². The number of hydrogen-bond acceptors (Lipinski definition) is 3. The Balaban J connectivity index is 1.20. The highest BCUT2D eigenvalue weighted by Crippen LogP contribution is 2.29. The molecule has 1 saturated heterocycles. The second kappa shape index (κ2) is 8.65. The number of halogens is 1. The highest BCUT2D eigenvalue weighted by atomic mass is 19.1. The summed E-state index contributed by atoms with van der Waals surface area (Å²) < 4.78 is 15.2. The first kappa shape index (κ1) is 21.5. The van der Waals surface area contributed by atoms with Gasteiger partial charge in [-0.05, 0) is 60.4 Å². The monoisotopic (exact) mass is 468 g/mol. The fourth-order valence-electron chi connectivity index (χ4n) is 5.25. The minimum Gasteiger partial charge on any atom is -0.335 e. The van der Waals surface area contributed by atoms with E-state index in [0.717, 1.165) is 47.0 Å². The van der Waals surface area contributed by atoms with Crippen LogP contribution in [0.1, 0.15) is 38.5 Å². The molecule has 0 radical (unpaired) electrons. The van der Waals surface area contributed by atoms with Crippen LogP contribution in [-0.2, 0) is 12.8 Å². The lowest BCUT2D eigenvalue weighted by molar-refractivity contribution is 0.0532. The topological polar surface area (TPSA) is 58.4 Å². The van der Waals surface area contributed by atoms with Crippen molar-refractivity contribution in [3.05, 3.63) is 95.1 Å². The predicted octanol–water partition coefficient (Wildman–Crippen LogP) is 4.25. The third-order valence-corrected chi connectivity index (χ3v) is 7.08. The molecule has 1 aromatic heterocycles. The van der Waals surface area contributed by atoms with Crippen LogP contribution in [0, 0.1) is 5.82 Å². The number of carbonyl (C=O) groups is 2. The number of benzene rings is 3. The van der Waals surface area contributed by atoms with E-state index in [-0.39, 0.29) is 17.6 Å². The number of carbonyl (C=O) groups excluding carboxylic acids is 2. The van der Waals surface area contributed by atoms with Crippen LogP contribution in [0.3, 0.4) is 0 Å². The van der Waals surface area contributed by atoms with Gasteiger partial charge in [0.2, 0.25) is 0 Å². The van der Waals surface area contributed by atoms with Crippen molar-refractivity contribution in [3.8, 4) is 5.69 Å². The molecule has 35 heavy (non-hydrogen) atoms. The Morgan fingerprint density at radius 3 is 2.23 bits per heavy atom. The molecular weight excluding hydrogens is 443 g/mol. The van der Waals surface area contributed by atoms with Crippen molar-refractivity contribution in [2.45, 2.75) is 19.3 Å². The first-order chi connectivity index (χ1) is 17.1. The van der Waals surface area contributed by atoms with Crippen molar-refractivity contribution in [2.75, 3.05) is 26.2 Å². The van der Waals surface area contributed by atoms with E-state index in [4.69, 9.17) is 0 Å². The van der Waals surface area contributed by atoms with Crippen LogP contribution in [0.4, 0.5) is 4.39 Å². The fourth-order valence-corrected chi connectivity index (χ4v) is 5.25. The van der Waals surface area contributed by atoms with E-state index in [1.807, 2.05) is 47.4 Å². The molecule has 4 aromatic rings. The molecule has 0 atom stereocenters. The van der Waals surface area contributed by atoms with Crippen LogP contribution in [0.5, 0.6) is 0 Å². The van der Waals surface area contributed by atoms with Crippen molar-refractivity contribution in [2.24, 2.45) is 0 Å². The number of aromatic nitrogens is 2. The van der Waals surface area contributed by atoms with Gasteiger partial charge >= 0.3 is 0 Å². The Bertz CT molecular complexity index is 1430. The minimum absolute atomic E-state index is 0.00428. The number of piperazine rings is 1. The molecule has 7 heteroatoms. The predicted molar refractivity (Wildman–Crippen MR) is 131 cm³/mol. The number of rotatable bonds is 3. The minimum atomic E-state index is -0.301. The average molecular weight is 469 g/mol. The quantitative estimate of drug-likeness (QED) is 0.452. The number of fused-ring (bicyclic) bond motifs is 2. The third-order valence-electron chi connectivity index (χ3n) is 7.08. The van der Waals surface area contributed by atoms with E-state index in [2.05, 4.69) is 5.10 Å². The van der Waals surface area contributed by atoms with Gasteiger partial charge in [-0.1, -0.05) is 36.4 Å². The Morgan fingerprint density at radius 2 is 1.46 bits per heavy atom. The average Bonchev–Trinajstić information content (AvgIpc) is 3.51. The van der Waals surface area contributed by atoms with Crippen LogP contribution < -0.4 is 0 Å². The summed E-state index contributed by atoms with van der Waals surface area (Å²) in [4.78, 5) is 30.4. The summed E-state index contributed by atoms with van der Waals surface area (Å²) in [6.07, 6.45) is 2.64. The Hall–Kier alpha value is -4.00. The molecule has 1 aliphatic carbocycles. The van der Waals surface area contributed by atoms with E-state index in [1.54, 1.807) is 21.7 Å². The Morgan fingerprint density at radius 1 is 0.771 bits per heavy atom. The smallest absolute Gasteiger partial charge is 0.274 e. The van der Waals surface area contributed by atoms with E-state index < -0.39 is 0 Å². The van der Waals surface area contributed by atoms with Crippen LogP contribution in [0.25, 0.3) is 16.5 Å². The normalized spacial score (nSPS) is 15.5. The number of amides is 2. The summed E-state index contributed by atoms with van der Waals surface area (Å²) >= 11 is 0. The van der Waals surface area contributed by atoms with Crippen molar-refractivity contribution in [1.29, 1.82) is 0 Å². The van der Waals surface area contributed by atoms with Crippen molar-refractivity contribution in [3.63, 3.8) is 0 Å². The van der Waals surface area contributed by atoms with Gasteiger partial charge in [-0.25, -0.2) is 9.07 Å². The maximum absolute atomic E-state index is 13.5. The number of nitrogens with zero attached hydrogens (tertiary/aromatic N) is 4. The highest BCUT2D eigenvalue weighted by molar-refractivity contribution is 6.07. The molecule has 2 heterocycles. The van der Waals surface area contributed by atoms with E-state index in [9.17, 15) is 14.0 Å². The summed E-state index contributed by atoms with van der Waals surface area (Å²) in [5, 5.41) is 6.65. The van der Waals surface area contributed by atoms with Crippen LogP contribution in [-0.4, -0.2) is 57.6 Å². The van der Waals surface area contributed by atoms with Gasteiger partial charge in [0.1, 0.15) is 5.82 Å². The van der Waals surface area contributed by atoms with E-state index in [0.29, 0.717) is 37.4 Å². The van der Waals surface area contributed by atoms with Gasteiger partial charge in [-0.2, -0.15) is 5.10 Å². The maximum atomic E-state index is 13.5. The molecule has 0 bridgehead atoms. The van der Waals surface area contributed by atoms with Crippen LogP contribution in [0.15, 0.2) is 66.7 Å². The van der Waals surface area contributed by atoms with E-state index >= 15 is 0 Å². The standard InChI is InChI=1S/C28H25FN4O2/c29-20-11-13-21(14-12-20)33-25-10-4-9-24(25)26(30-33)28(35)32-17-15-31(16-18-32)27(34)23-8-3-6-19-5-1-2-7-22(19)23/h1-3,5-8,11-14H,4,9-10,15-18H2. The first-order valence-electron chi connectivity index (χ1n) is 12.0. The summed E-state index contributed by atoms with van der Waals surface area (Å²) in [6, 6.07) is 19.9. The van der Waals surface area contributed by atoms with Crippen molar-refractivity contribution < 1.29 is 14.0 Å². The molecule has 1 aliphatic heterocycles. The molecule has 176 valence electrons. The van der Waals surface area contributed by atoms with Gasteiger partial charge in [0, 0.05) is 43.0 Å². The lowest BCUT2D eigenvalue weighted by Crippen LogP contribution is -2.50. The van der Waals surface area contributed by atoms with Gasteiger partial charge in [0.15, 0.2) is 5.69 Å². The largest absolute Gasteiger partial charge is 0.335 e. The molecule has 6 nitrogen and oxygen atoms in total. The first-order valence-corrected chi connectivity index (χ1v) is 12.0. The second-order valence-electron chi connectivity index (χ2n) is 9.13. The molecule has 0 saturated carbocycles. The molecule has 0 spiro atoms. The van der Waals surface area contributed by atoms with E-state index in [1.165, 1.54) is 12.1 Å². The zero-order valence-electron chi connectivity index (χ0n) is 19.3. The van der Waals surface area contributed by atoms with Crippen molar-refractivity contribution >= 4 is 22.6 Å². The summed E-state index contributed by atoms with van der Waals surface area (Å²) in [6.45, 7) is 1.89. The molecule has 1 fully saturated rings. The summed E-state index contributed by atoms with van der Waals surface area (Å²) in [5.41, 5.74) is 3.96. The summed E-state index contributed by atoms with van der Waals surface area (Å²) in [5.74, 6) is -0.401. The molecule has 6 rings (SSSR count). The Kier molecular flexibility index (Phi) is 5.32. The van der Waals surface area contributed by atoms with Crippen molar-refractivity contribution in [1.82, 2.24) is 19.6 Å². The molecule has 2 aliphatic rings. The van der Waals surface area contributed by atoms with Gasteiger partial charge in [-0.3, -0.25) is 9.59 Å². The molecule has 0 unspecified atom stereocenters. The Labute approximate surface area is 202 Å². The van der Waals surface area contributed by atoms with Gasteiger partial charge in [0.05, 0.1) is 5.69 Å². The second-order valence-corrected chi connectivity index (χ2v) is 9.13. The van der Waals surface area contributed by atoms with Gasteiger partial charge in [0.25, 0.3) is 11.8 Å². The zero-order chi connectivity index (χ0) is 23.9. The summed E-state index contributed by atoms with van der Waals surface area (Å²) in [7, 11) is 0. The lowest BCUT2D eigenvalue weighted by Gasteiger charge is -2.34. The molecule has 3 aromatic carbocycles. The molecule has 0 N–H and O–H groups in total. The van der Waals surface area contributed by atoms with Gasteiger partial charge < -0.3 is 9.80 Å². The van der Waals surface area contributed by atoms with Crippen LogP contribution >= 0.6 is 0 Å². The zero-order valence-corrected chi connectivity index (χ0v) is 19.3. The molecular formula is C28H25FN4O2. The SMILES string of the molecule is O=C(c1nn(-c2ccc(F)cc2)c2c1CCC2)N1CCN(C(=O)c2cccc3ccccc23)CC1. The highest BCUT2D eigenvalue weighted by Gasteiger charge is 2.32. The molecule has 2 amide bonds. The fraction of sp³-hybridized carbons (Fsp3) is 0.250. The third kappa shape index (κ3) is 3.77. The maximum Gasteiger partial charge on any atom is 0.274 e. The number of hydrogen-bond donors (Lipinski definition) is 0.